The summed E-state index contributed by atoms with van der Waals surface area (Å²) in [5.74, 6) is 0.898. The van der Waals surface area contributed by atoms with Gasteiger partial charge in [-0.1, -0.05) is 30.3 Å². The molecule has 3 aromatic rings. The number of H-pyrrole nitrogens is 1. The van der Waals surface area contributed by atoms with Gasteiger partial charge < -0.3 is 5.32 Å². The predicted molar refractivity (Wildman–Crippen MR) is 65.8 cm³/mol. The van der Waals surface area contributed by atoms with E-state index in [4.69, 9.17) is 0 Å². The molecule has 0 fully saturated rings. The van der Waals surface area contributed by atoms with Gasteiger partial charge in [-0.2, -0.15) is 5.10 Å². The Morgan fingerprint density at radius 1 is 0.938 bits per heavy atom. The molecule has 78 valence electrons. The van der Waals surface area contributed by atoms with Crippen LogP contribution in [0.3, 0.4) is 0 Å². The maximum absolute atomic E-state index is 3.89. The number of aromatic nitrogens is 2. The van der Waals surface area contributed by atoms with Crippen molar-refractivity contribution in [2.75, 3.05) is 5.32 Å². The van der Waals surface area contributed by atoms with Gasteiger partial charge >= 0.3 is 0 Å². The van der Waals surface area contributed by atoms with Crippen molar-refractivity contribution in [2.45, 2.75) is 0 Å². The second-order valence-electron chi connectivity index (χ2n) is 3.66. The minimum atomic E-state index is 0.898. The summed E-state index contributed by atoms with van der Waals surface area (Å²) < 4.78 is 0. The molecule has 3 rings (SSSR count). The number of rotatable bonds is 2. The third-order valence-electron chi connectivity index (χ3n) is 2.53. The molecule has 0 aliphatic heterocycles. The van der Waals surface area contributed by atoms with E-state index in [0.717, 1.165) is 11.5 Å². The summed E-state index contributed by atoms with van der Waals surface area (Å²) in [6.45, 7) is 0. The second-order valence-corrected chi connectivity index (χ2v) is 3.66. The molecule has 0 amide bonds. The van der Waals surface area contributed by atoms with Crippen molar-refractivity contribution >= 4 is 22.3 Å². The molecular formula is C13H11N3. The first-order valence-electron chi connectivity index (χ1n) is 5.17. The van der Waals surface area contributed by atoms with Gasteiger partial charge in [0.1, 0.15) is 5.82 Å². The molecular weight excluding hydrogens is 198 g/mol. The largest absolute Gasteiger partial charge is 0.341 e. The molecule has 0 bridgehead atoms. The first-order valence-corrected chi connectivity index (χ1v) is 5.17. The summed E-state index contributed by atoms with van der Waals surface area (Å²) in [5, 5.41) is 12.5. The van der Waals surface area contributed by atoms with Crippen LogP contribution < -0.4 is 5.32 Å². The van der Waals surface area contributed by atoms with Crippen LogP contribution in [0.15, 0.2) is 54.7 Å². The van der Waals surface area contributed by atoms with Gasteiger partial charge in [-0.15, -0.1) is 0 Å². The molecule has 0 atom stereocenters. The van der Waals surface area contributed by atoms with Crippen molar-refractivity contribution in [1.29, 1.82) is 0 Å². The van der Waals surface area contributed by atoms with Gasteiger partial charge in [0.2, 0.25) is 0 Å². The lowest BCUT2D eigenvalue weighted by molar-refractivity contribution is 1.09. The van der Waals surface area contributed by atoms with Gasteiger partial charge in [0.05, 0.1) is 6.20 Å². The van der Waals surface area contributed by atoms with Gasteiger partial charge in [-0.25, -0.2) is 0 Å². The summed E-state index contributed by atoms with van der Waals surface area (Å²) >= 11 is 0. The Kier molecular flexibility index (Phi) is 2.07. The Balaban J connectivity index is 1.99. The monoisotopic (exact) mass is 209 g/mol. The zero-order chi connectivity index (χ0) is 10.8. The number of fused-ring (bicyclic) bond motifs is 1. The highest BCUT2D eigenvalue weighted by molar-refractivity contribution is 5.86. The maximum Gasteiger partial charge on any atom is 0.125 e. The molecule has 3 nitrogen and oxygen atoms in total. The number of hydrogen-bond acceptors (Lipinski definition) is 2. The Labute approximate surface area is 93.1 Å². The van der Waals surface area contributed by atoms with Crippen LogP contribution in [0.1, 0.15) is 0 Å². The molecule has 2 aromatic carbocycles. The van der Waals surface area contributed by atoms with Gasteiger partial charge in [-0.3, -0.25) is 5.10 Å². The molecule has 0 spiro atoms. The van der Waals surface area contributed by atoms with Crippen molar-refractivity contribution in [2.24, 2.45) is 0 Å². The van der Waals surface area contributed by atoms with Gasteiger partial charge in [0.15, 0.2) is 0 Å². The molecule has 0 saturated carbocycles. The van der Waals surface area contributed by atoms with Crippen LogP contribution in [0.2, 0.25) is 0 Å². The fourth-order valence-corrected chi connectivity index (χ4v) is 1.75. The minimum Gasteiger partial charge on any atom is -0.341 e. The molecule has 3 heteroatoms. The van der Waals surface area contributed by atoms with Crippen LogP contribution in [-0.2, 0) is 0 Å². The minimum absolute atomic E-state index is 0.898. The first kappa shape index (κ1) is 8.97. The number of hydrogen-bond donors (Lipinski definition) is 2. The molecule has 1 heterocycles. The van der Waals surface area contributed by atoms with E-state index in [-0.39, 0.29) is 0 Å². The Bertz CT molecular complexity index is 599. The fraction of sp³-hybridized carbons (Fsp3) is 0. The second kappa shape index (κ2) is 3.70. The third-order valence-corrected chi connectivity index (χ3v) is 2.53. The highest BCUT2D eigenvalue weighted by Crippen LogP contribution is 2.20. The van der Waals surface area contributed by atoms with Crippen LogP contribution in [0.5, 0.6) is 0 Å². The van der Waals surface area contributed by atoms with E-state index in [1.807, 2.05) is 18.2 Å². The van der Waals surface area contributed by atoms with Crippen molar-refractivity contribution < 1.29 is 0 Å². The van der Waals surface area contributed by atoms with Crippen LogP contribution in [0, 0.1) is 0 Å². The number of benzene rings is 2. The van der Waals surface area contributed by atoms with Crippen molar-refractivity contribution in [3.05, 3.63) is 54.7 Å². The van der Waals surface area contributed by atoms with Crippen molar-refractivity contribution in [3.63, 3.8) is 0 Å². The smallest absolute Gasteiger partial charge is 0.125 e. The van der Waals surface area contributed by atoms with E-state index in [9.17, 15) is 0 Å². The Hall–Kier alpha value is -2.29. The molecule has 0 unspecified atom stereocenters. The van der Waals surface area contributed by atoms with Crippen LogP contribution in [0.4, 0.5) is 11.5 Å². The number of aromatic amines is 1. The van der Waals surface area contributed by atoms with E-state index in [1.54, 1.807) is 6.20 Å². The molecule has 1 aromatic heterocycles. The van der Waals surface area contributed by atoms with Crippen LogP contribution in [0.25, 0.3) is 10.8 Å². The standard InChI is InChI=1S/C13H11N3/c1-2-4-11-9-12(6-5-10(11)3-1)15-13-7-8-14-16-13/h1-9H,(H2,14,15,16). The summed E-state index contributed by atoms with van der Waals surface area (Å²) in [4.78, 5) is 0. The van der Waals surface area contributed by atoms with Crippen molar-refractivity contribution in [1.82, 2.24) is 10.2 Å². The predicted octanol–water partition coefficient (Wildman–Crippen LogP) is 3.31. The molecule has 0 radical (unpaired) electrons. The Morgan fingerprint density at radius 3 is 2.62 bits per heavy atom. The number of nitrogens with one attached hydrogen (secondary N) is 2. The lowest BCUT2D eigenvalue weighted by atomic mass is 10.1. The third kappa shape index (κ3) is 1.63. The van der Waals surface area contributed by atoms with E-state index >= 15 is 0 Å². The van der Waals surface area contributed by atoms with Crippen LogP contribution >= 0.6 is 0 Å². The van der Waals surface area contributed by atoms with Crippen molar-refractivity contribution in [3.8, 4) is 0 Å². The fourth-order valence-electron chi connectivity index (χ4n) is 1.75. The normalized spacial score (nSPS) is 10.5. The maximum atomic E-state index is 3.89. The quantitative estimate of drug-likeness (QED) is 0.679. The van der Waals surface area contributed by atoms with E-state index in [1.165, 1.54) is 10.8 Å². The first-order chi connectivity index (χ1) is 7.92. The number of nitrogens with zero attached hydrogens (tertiary/aromatic N) is 1. The average molecular weight is 209 g/mol. The van der Waals surface area contributed by atoms with Gasteiger partial charge in [-0.05, 0) is 22.9 Å². The summed E-state index contributed by atoms with van der Waals surface area (Å²) in [7, 11) is 0. The highest BCUT2D eigenvalue weighted by atomic mass is 15.2. The number of anilines is 2. The highest BCUT2D eigenvalue weighted by Gasteiger charge is 1.97. The Morgan fingerprint density at radius 2 is 1.81 bits per heavy atom. The zero-order valence-corrected chi connectivity index (χ0v) is 8.64. The summed E-state index contributed by atoms with van der Waals surface area (Å²) in [6.07, 6.45) is 1.73. The zero-order valence-electron chi connectivity index (χ0n) is 8.64. The SMILES string of the molecule is c1ccc2cc(Nc3ccn[nH]3)ccc2c1. The van der Waals surface area contributed by atoms with Crippen LogP contribution in [-0.4, -0.2) is 10.2 Å². The van der Waals surface area contributed by atoms with E-state index in [0.29, 0.717) is 0 Å². The molecule has 2 N–H and O–H groups in total. The molecule has 0 saturated heterocycles. The van der Waals surface area contributed by atoms with E-state index in [2.05, 4.69) is 45.8 Å². The van der Waals surface area contributed by atoms with Gasteiger partial charge in [0.25, 0.3) is 0 Å². The lowest BCUT2D eigenvalue weighted by Gasteiger charge is -2.04. The topological polar surface area (TPSA) is 40.7 Å². The van der Waals surface area contributed by atoms with E-state index < -0.39 is 0 Å². The summed E-state index contributed by atoms with van der Waals surface area (Å²) in [5.41, 5.74) is 1.06. The summed E-state index contributed by atoms with van der Waals surface area (Å²) in [6, 6.07) is 16.5. The molecule has 0 aliphatic carbocycles. The van der Waals surface area contributed by atoms with Gasteiger partial charge in [0, 0.05) is 11.8 Å². The average Bonchev–Trinajstić information content (AvgIpc) is 2.82. The molecule has 16 heavy (non-hydrogen) atoms. The molecule has 0 aliphatic rings. The lowest BCUT2D eigenvalue weighted by Crippen LogP contribution is -1.90.